The first-order valence-corrected chi connectivity index (χ1v) is 5.45. The Morgan fingerprint density at radius 3 is 3.00 bits per heavy atom. The molecular formula is C11H20N2O. The third-order valence-electron chi connectivity index (χ3n) is 2.47. The van der Waals surface area contributed by atoms with Crippen molar-refractivity contribution in [3.05, 3.63) is 12.2 Å². The van der Waals surface area contributed by atoms with Gasteiger partial charge >= 0.3 is 0 Å². The van der Waals surface area contributed by atoms with Crippen LogP contribution >= 0.6 is 0 Å². The van der Waals surface area contributed by atoms with Crippen LogP contribution in [0.2, 0.25) is 0 Å². The molecule has 0 radical (unpaired) electrons. The van der Waals surface area contributed by atoms with Crippen molar-refractivity contribution in [1.29, 1.82) is 0 Å². The van der Waals surface area contributed by atoms with E-state index >= 15 is 0 Å². The second-order valence-electron chi connectivity index (χ2n) is 3.73. The zero-order chi connectivity index (χ0) is 10.2. The summed E-state index contributed by atoms with van der Waals surface area (Å²) in [6.45, 7) is 4.06. The predicted octanol–water partition coefficient (Wildman–Crippen LogP) is 1.07. The summed E-state index contributed by atoms with van der Waals surface area (Å²) in [6.07, 6.45) is 8.07. The lowest BCUT2D eigenvalue weighted by Crippen LogP contribution is -2.36. The summed E-state index contributed by atoms with van der Waals surface area (Å²) in [7, 11) is 0. The topological polar surface area (TPSA) is 41.1 Å². The van der Waals surface area contributed by atoms with Crippen LogP contribution in [-0.2, 0) is 4.79 Å². The molecule has 3 heteroatoms. The Kier molecular flexibility index (Phi) is 5.30. The zero-order valence-corrected chi connectivity index (χ0v) is 8.88. The van der Waals surface area contributed by atoms with Crippen LogP contribution in [0, 0.1) is 5.92 Å². The van der Waals surface area contributed by atoms with Crippen molar-refractivity contribution in [2.45, 2.75) is 26.2 Å². The molecule has 80 valence electrons. The minimum Gasteiger partial charge on any atom is -0.355 e. The maximum atomic E-state index is 11.1. The number of hydrogen-bond acceptors (Lipinski definition) is 2. The minimum atomic E-state index is 0.0962. The average Bonchev–Trinajstić information content (AvgIpc) is 2.20. The fraction of sp³-hybridized carbons (Fsp3) is 0.727. The van der Waals surface area contributed by atoms with E-state index in [0.29, 0.717) is 13.1 Å². The Morgan fingerprint density at radius 2 is 2.36 bits per heavy atom. The number of carbonyl (C=O) groups excluding carboxylic acids is 1. The summed E-state index contributed by atoms with van der Waals surface area (Å²) < 4.78 is 0. The van der Waals surface area contributed by atoms with Gasteiger partial charge in [-0.1, -0.05) is 12.2 Å². The minimum absolute atomic E-state index is 0.0962. The van der Waals surface area contributed by atoms with Crippen molar-refractivity contribution in [1.82, 2.24) is 10.6 Å². The number of allylic oxidation sites excluding steroid dienone is 2. The smallest absolute Gasteiger partial charge is 0.233 e. The van der Waals surface area contributed by atoms with Gasteiger partial charge in [-0.3, -0.25) is 4.79 Å². The second-order valence-corrected chi connectivity index (χ2v) is 3.73. The normalized spacial score (nSPS) is 20.8. The summed E-state index contributed by atoms with van der Waals surface area (Å²) in [5.41, 5.74) is 0. The van der Waals surface area contributed by atoms with E-state index < -0.39 is 0 Å². The Bertz CT molecular complexity index is 201. The van der Waals surface area contributed by atoms with Gasteiger partial charge in [0.2, 0.25) is 5.91 Å². The van der Waals surface area contributed by atoms with Gasteiger partial charge < -0.3 is 10.6 Å². The van der Waals surface area contributed by atoms with Crippen LogP contribution in [-0.4, -0.2) is 25.5 Å². The molecule has 0 spiro atoms. The van der Waals surface area contributed by atoms with E-state index in [4.69, 9.17) is 0 Å². The number of nitrogens with one attached hydrogen (secondary N) is 2. The first-order chi connectivity index (χ1) is 6.83. The van der Waals surface area contributed by atoms with Gasteiger partial charge in [0, 0.05) is 6.54 Å². The first kappa shape index (κ1) is 11.2. The molecule has 0 bridgehead atoms. The molecule has 0 saturated carbocycles. The highest BCUT2D eigenvalue weighted by Crippen LogP contribution is 2.16. The van der Waals surface area contributed by atoms with E-state index in [0.717, 1.165) is 18.9 Å². The molecular weight excluding hydrogens is 176 g/mol. The summed E-state index contributed by atoms with van der Waals surface area (Å²) in [5, 5.41) is 5.96. The van der Waals surface area contributed by atoms with Crippen molar-refractivity contribution in [2.75, 3.05) is 19.6 Å². The third kappa shape index (κ3) is 4.42. The maximum absolute atomic E-state index is 11.1. The Balaban J connectivity index is 2.03. The highest BCUT2D eigenvalue weighted by molar-refractivity contribution is 5.77. The van der Waals surface area contributed by atoms with Crippen LogP contribution < -0.4 is 10.6 Å². The molecule has 1 amide bonds. The molecule has 0 aliphatic heterocycles. The Hall–Kier alpha value is -0.830. The predicted molar refractivity (Wildman–Crippen MR) is 58.0 cm³/mol. The van der Waals surface area contributed by atoms with Crippen LogP contribution in [0.1, 0.15) is 26.2 Å². The molecule has 1 rings (SSSR count). The van der Waals surface area contributed by atoms with Gasteiger partial charge in [0.1, 0.15) is 0 Å². The van der Waals surface area contributed by atoms with Crippen LogP contribution in [0.4, 0.5) is 0 Å². The standard InChI is InChI=1S/C11H20N2O/c1-2-13-11(14)9-12-8-10-6-4-3-5-7-10/h3-4,10,12H,2,5-9H2,1H3,(H,13,14). The van der Waals surface area contributed by atoms with Gasteiger partial charge in [-0.05, 0) is 38.6 Å². The van der Waals surface area contributed by atoms with E-state index in [-0.39, 0.29) is 5.91 Å². The van der Waals surface area contributed by atoms with E-state index in [1.165, 1.54) is 12.8 Å². The van der Waals surface area contributed by atoms with E-state index in [2.05, 4.69) is 22.8 Å². The summed E-state index contributed by atoms with van der Waals surface area (Å²) in [6, 6.07) is 0. The van der Waals surface area contributed by atoms with Crippen LogP contribution in [0.25, 0.3) is 0 Å². The molecule has 0 heterocycles. The molecule has 14 heavy (non-hydrogen) atoms. The van der Waals surface area contributed by atoms with Crippen molar-refractivity contribution in [3.63, 3.8) is 0 Å². The van der Waals surface area contributed by atoms with E-state index in [1.54, 1.807) is 0 Å². The molecule has 1 aliphatic carbocycles. The Morgan fingerprint density at radius 1 is 1.50 bits per heavy atom. The molecule has 1 atom stereocenters. The molecule has 1 unspecified atom stereocenters. The fourth-order valence-corrected chi connectivity index (χ4v) is 1.69. The number of hydrogen-bond donors (Lipinski definition) is 2. The molecule has 1 aliphatic rings. The number of amides is 1. The molecule has 0 aromatic rings. The quantitative estimate of drug-likeness (QED) is 0.646. The Labute approximate surface area is 86.0 Å². The van der Waals surface area contributed by atoms with E-state index in [9.17, 15) is 4.79 Å². The lowest BCUT2D eigenvalue weighted by atomic mass is 9.94. The third-order valence-corrected chi connectivity index (χ3v) is 2.47. The number of rotatable bonds is 5. The van der Waals surface area contributed by atoms with Crippen LogP contribution in [0.3, 0.4) is 0 Å². The largest absolute Gasteiger partial charge is 0.355 e. The van der Waals surface area contributed by atoms with E-state index in [1.807, 2.05) is 6.92 Å². The monoisotopic (exact) mass is 196 g/mol. The highest BCUT2D eigenvalue weighted by atomic mass is 16.1. The molecule has 3 nitrogen and oxygen atoms in total. The maximum Gasteiger partial charge on any atom is 0.233 e. The lowest BCUT2D eigenvalue weighted by Gasteiger charge is -2.17. The zero-order valence-electron chi connectivity index (χ0n) is 8.88. The van der Waals surface area contributed by atoms with Crippen molar-refractivity contribution < 1.29 is 4.79 Å². The summed E-state index contributed by atoms with van der Waals surface area (Å²) in [4.78, 5) is 11.1. The van der Waals surface area contributed by atoms with Gasteiger partial charge in [-0.15, -0.1) is 0 Å². The molecule has 0 aromatic carbocycles. The van der Waals surface area contributed by atoms with Gasteiger partial charge in [-0.25, -0.2) is 0 Å². The van der Waals surface area contributed by atoms with Gasteiger partial charge in [0.25, 0.3) is 0 Å². The van der Waals surface area contributed by atoms with Crippen molar-refractivity contribution in [3.8, 4) is 0 Å². The average molecular weight is 196 g/mol. The number of carbonyl (C=O) groups is 1. The van der Waals surface area contributed by atoms with Crippen LogP contribution in [0.5, 0.6) is 0 Å². The molecule has 0 saturated heterocycles. The summed E-state index contributed by atoms with van der Waals surface area (Å²) >= 11 is 0. The summed E-state index contributed by atoms with van der Waals surface area (Å²) in [5.74, 6) is 0.813. The van der Waals surface area contributed by atoms with Gasteiger partial charge in [0.15, 0.2) is 0 Å². The highest BCUT2D eigenvalue weighted by Gasteiger charge is 2.09. The fourth-order valence-electron chi connectivity index (χ4n) is 1.69. The molecule has 2 N–H and O–H groups in total. The van der Waals surface area contributed by atoms with Crippen molar-refractivity contribution in [2.24, 2.45) is 5.92 Å². The SMILES string of the molecule is CCNC(=O)CNCC1CC=CCC1. The first-order valence-electron chi connectivity index (χ1n) is 5.45. The van der Waals surface area contributed by atoms with Crippen molar-refractivity contribution >= 4 is 5.91 Å². The van der Waals surface area contributed by atoms with Crippen LogP contribution in [0.15, 0.2) is 12.2 Å². The molecule has 0 fully saturated rings. The second kappa shape index (κ2) is 6.60. The van der Waals surface area contributed by atoms with Gasteiger partial charge in [-0.2, -0.15) is 0 Å². The number of likely N-dealkylation sites (N-methyl/N-ethyl adjacent to an activating group) is 1. The van der Waals surface area contributed by atoms with Gasteiger partial charge in [0.05, 0.1) is 6.54 Å². The lowest BCUT2D eigenvalue weighted by molar-refractivity contribution is -0.120. The molecule has 0 aromatic heterocycles.